The van der Waals surface area contributed by atoms with Gasteiger partial charge in [0, 0.05) is 48.7 Å². The maximum Gasteiger partial charge on any atom is 0.220 e. The van der Waals surface area contributed by atoms with Gasteiger partial charge in [0.15, 0.2) is 0 Å². The molecule has 0 radical (unpaired) electrons. The van der Waals surface area contributed by atoms with E-state index >= 15 is 0 Å². The van der Waals surface area contributed by atoms with Crippen molar-refractivity contribution in [1.82, 2.24) is 19.9 Å². The van der Waals surface area contributed by atoms with E-state index in [0.717, 1.165) is 35.6 Å². The maximum absolute atomic E-state index is 11.4. The van der Waals surface area contributed by atoms with Crippen LogP contribution in [0.5, 0.6) is 0 Å². The summed E-state index contributed by atoms with van der Waals surface area (Å²) in [5, 5.41) is 3.01. The van der Waals surface area contributed by atoms with E-state index < -0.39 is 0 Å². The van der Waals surface area contributed by atoms with Crippen LogP contribution in [0.2, 0.25) is 0 Å². The van der Waals surface area contributed by atoms with Crippen LogP contribution in [-0.2, 0) is 11.3 Å². The lowest BCUT2D eigenvalue weighted by Crippen LogP contribution is -2.29. The van der Waals surface area contributed by atoms with Gasteiger partial charge in [0.1, 0.15) is 5.82 Å². The highest BCUT2D eigenvalue weighted by Gasteiger charge is 2.21. The van der Waals surface area contributed by atoms with Gasteiger partial charge >= 0.3 is 0 Å². The molecule has 1 saturated heterocycles. The molecule has 0 spiro atoms. The summed E-state index contributed by atoms with van der Waals surface area (Å²) in [6.45, 7) is 0.753. The fourth-order valence-corrected chi connectivity index (χ4v) is 3.09. The van der Waals surface area contributed by atoms with Crippen LogP contribution in [0.15, 0.2) is 61.1 Å². The number of hydrogen-bond donors (Lipinski definition) is 1. The number of benzene rings is 1. The monoisotopic (exact) mass is 318 g/mol. The van der Waals surface area contributed by atoms with E-state index in [9.17, 15) is 4.79 Å². The number of aromatic nitrogens is 3. The number of amides is 1. The Bertz CT molecular complexity index is 839. The minimum atomic E-state index is 0.140. The molecular weight excluding hydrogens is 300 g/mol. The van der Waals surface area contributed by atoms with Crippen molar-refractivity contribution >= 4 is 5.91 Å². The average Bonchev–Trinajstić information content (AvgIpc) is 3.25. The van der Waals surface area contributed by atoms with Gasteiger partial charge in [-0.25, -0.2) is 4.98 Å². The first-order chi connectivity index (χ1) is 11.8. The van der Waals surface area contributed by atoms with Gasteiger partial charge in [0.05, 0.1) is 5.69 Å². The van der Waals surface area contributed by atoms with E-state index in [1.165, 1.54) is 0 Å². The van der Waals surface area contributed by atoms with Crippen molar-refractivity contribution in [1.29, 1.82) is 0 Å². The van der Waals surface area contributed by atoms with Crippen LogP contribution in [0.1, 0.15) is 12.8 Å². The highest BCUT2D eigenvalue weighted by molar-refractivity contribution is 5.78. The molecular formula is C19H18N4O. The first-order valence-corrected chi connectivity index (χ1v) is 8.12. The molecule has 5 nitrogen and oxygen atoms in total. The number of pyridine rings is 1. The molecule has 1 aliphatic rings. The summed E-state index contributed by atoms with van der Waals surface area (Å²) in [6.07, 6.45) is 7.07. The van der Waals surface area contributed by atoms with Crippen molar-refractivity contribution in [3.8, 4) is 22.6 Å². The second kappa shape index (κ2) is 6.28. The third-order valence-corrected chi connectivity index (χ3v) is 4.32. The van der Waals surface area contributed by atoms with Crippen LogP contribution in [0.3, 0.4) is 0 Å². The molecule has 3 heterocycles. The number of rotatable bonds is 4. The molecule has 1 N–H and O–H groups in total. The van der Waals surface area contributed by atoms with Gasteiger partial charge in [-0.15, -0.1) is 0 Å². The maximum atomic E-state index is 11.4. The van der Waals surface area contributed by atoms with Gasteiger partial charge in [0.25, 0.3) is 0 Å². The quantitative estimate of drug-likeness (QED) is 0.804. The number of imidazole rings is 1. The van der Waals surface area contributed by atoms with Gasteiger partial charge in [-0.05, 0) is 18.6 Å². The summed E-state index contributed by atoms with van der Waals surface area (Å²) >= 11 is 0. The Morgan fingerprint density at radius 1 is 1.04 bits per heavy atom. The molecule has 1 unspecified atom stereocenters. The standard InChI is InChI=1S/C19H18N4O/c24-18-9-8-16(22-18)13-23-12-11-21-19(23)15-6-4-14(5-7-15)17-3-1-2-10-20-17/h1-7,10-12,16H,8-9,13H2,(H,22,24). The molecule has 120 valence electrons. The summed E-state index contributed by atoms with van der Waals surface area (Å²) in [6, 6.07) is 14.3. The highest BCUT2D eigenvalue weighted by Crippen LogP contribution is 2.23. The van der Waals surface area contributed by atoms with E-state index in [0.29, 0.717) is 6.42 Å². The molecule has 1 fully saturated rings. The molecule has 0 saturated carbocycles. The molecule has 4 rings (SSSR count). The Hall–Kier alpha value is -2.95. The largest absolute Gasteiger partial charge is 0.352 e. The van der Waals surface area contributed by atoms with Crippen LogP contribution >= 0.6 is 0 Å². The average molecular weight is 318 g/mol. The van der Waals surface area contributed by atoms with Gasteiger partial charge < -0.3 is 9.88 Å². The fourth-order valence-electron chi connectivity index (χ4n) is 3.09. The number of nitrogens with zero attached hydrogens (tertiary/aromatic N) is 3. The Labute approximate surface area is 140 Å². The van der Waals surface area contributed by atoms with Gasteiger partial charge in [-0.2, -0.15) is 0 Å². The minimum Gasteiger partial charge on any atom is -0.352 e. The molecule has 0 bridgehead atoms. The topological polar surface area (TPSA) is 59.8 Å². The summed E-state index contributed by atoms with van der Waals surface area (Å²) < 4.78 is 2.10. The van der Waals surface area contributed by atoms with Crippen LogP contribution in [0.25, 0.3) is 22.6 Å². The Kier molecular flexibility index (Phi) is 3.83. The second-order valence-corrected chi connectivity index (χ2v) is 6.00. The fraction of sp³-hybridized carbons (Fsp3) is 0.211. The zero-order chi connectivity index (χ0) is 16.4. The predicted molar refractivity (Wildman–Crippen MR) is 92.1 cm³/mol. The van der Waals surface area contributed by atoms with Gasteiger partial charge in [0.2, 0.25) is 5.91 Å². The molecule has 1 aromatic carbocycles. The predicted octanol–water partition coefficient (Wildman–Crippen LogP) is 2.89. The first kappa shape index (κ1) is 14.6. The Morgan fingerprint density at radius 2 is 1.88 bits per heavy atom. The van der Waals surface area contributed by atoms with E-state index in [-0.39, 0.29) is 11.9 Å². The number of carbonyl (C=O) groups is 1. The molecule has 1 aliphatic heterocycles. The molecule has 1 atom stereocenters. The van der Waals surface area contributed by atoms with Crippen molar-refractivity contribution in [2.45, 2.75) is 25.4 Å². The Morgan fingerprint density at radius 3 is 2.58 bits per heavy atom. The smallest absolute Gasteiger partial charge is 0.220 e. The second-order valence-electron chi connectivity index (χ2n) is 6.00. The molecule has 2 aromatic heterocycles. The number of hydrogen-bond acceptors (Lipinski definition) is 3. The SMILES string of the molecule is O=C1CCC(Cn2ccnc2-c2ccc(-c3ccccn3)cc2)N1. The number of nitrogens with one attached hydrogen (secondary N) is 1. The van der Waals surface area contributed by atoms with Crippen LogP contribution < -0.4 is 5.32 Å². The lowest BCUT2D eigenvalue weighted by Gasteiger charge is -2.13. The minimum absolute atomic E-state index is 0.140. The normalized spacial score (nSPS) is 17.0. The highest BCUT2D eigenvalue weighted by atomic mass is 16.1. The summed E-state index contributed by atoms with van der Waals surface area (Å²) in [5.41, 5.74) is 3.10. The van der Waals surface area contributed by atoms with Crippen molar-refractivity contribution in [3.63, 3.8) is 0 Å². The van der Waals surface area contributed by atoms with E-state index in [1.807, 2.05) is 24.4 Å². The third kappa shape index (κ3) is 2.93. The van der Waals surface area contributed by atoms with Crippen molar-refractivity contribution < 1.29 is 4.79 Å². The van der Waals surface area contributed by atoms with Crippen LogP contribution in [0, 0.1) is 0 Å². The zero-order valence-electron chi connectivity index (χ0n) is 13.2. The van der Waals surface area contributed by atoms with E-state index in [4.69, 9.17) is 0 Å². The summed E-state index contributed by atoms with van der Waals surface area (Å²) in [7, 11) is 0. The van der Waals surface area contributed by atoms with Crippen molar-refractivity contribution in [3.05, 3.63) is 61.1 Å². The molecule has 3 aromatic rings. The third-order valence-electron chi connectivity index (χ3n) is 4.32. The van der Waals surface area contributed by atoms with E-state index in [1.54, 1.807) is 12.4 Å². The van der Waals surface area contributed by atoms with Gasteiger partial charge in [-0.3, -0.25) is 9.78 Å². The zero-order valence-corrected chi connectivity index (χ0v) is 13.2. The van der Waals surface area contributed by atoms with E-state index in [2.05, 4.69) is 44.1 Å². The van der Waals surface area contributed by atoms with Crippen molar-refractivity contribution in [2.24, 2.45) is 0 Å². The molecule has 1 amide bonds. The molecule has 5 heteroatoms. The molecule has 24 heavy (non-hydrogen) atoms. The van der Waals surface area contributed by atoms with Gasteiger partial charge in [-0.1, -0.05) is 30.3 Å². The summed E-state index contributed by atoms with van der Waals surface area (Å²) in [5.74, 6) is 1.06. The molecule has 0 aliphatic carbocycles. The van der Waals surface area contributed by atoms with Crippen molar-refractivity contribution in [2.75, 3.05) is 0 Å². The van der Waals surface area contributed by atoms with Crippen LogP contribution in [-0.4, -0.2) is 26.5 Å². The van der Waals surface area contributed by atoms with Crippen LogP contribution in [0.4, 0.5) is 0 Å². The lowest BCUT2D eigenvalue weighted by molar-refractivity contribution is -0.119. The Balaban J connectivity index is 1.56. The number of carbonyl (C=O) groups excluding carboxylic acids is 1. The summed E-state index contributed by atoms with van der Waals surface area (Å²) in [4.78, 5) is 20.2. The lowest BCUT2D eigenvalue weighted by atomic mass is 10.1. The first-order valence-electron chi connectivity index (χ1n) is 8.12.